The third-order valence-electron chi connectivity index (χ3n) is 3.91. The molecule has 0 aliphatic heterocycles. The van der Waals surface area contributed by atoms with Crippen molar-refractivity contribution in [2.75, 3.05) is 7.11 Å². The molecule has 10 heteroatoms. The molecule has 3 rings (SSSR count). The van der Waals surface area contributed by atoms with Gasteiger partial charge in [0.25, 0.3) is 5.88 Å². The van der Waals surface area contributed by atoms with Crippen molar-refractivity contribution in [1.82, 2.24) is 19.5 Å². The lowest BCUT2D eigenvalue weighted by atomic mass is 10.1. The number of alkyl halides is 3. The highest BCUT2D eigenvalue weighted by atomic mass is 35.5. The van der Waals surface area contributed by atoms with E-state index in [0.29, 0.717) is 17.9 Å². The summed E-state index contributed by atoms with van der Waals surface area (Å²) in [7, 11) is 1.46. The minimum Gasteiger partial charge on any atom is -0.490 e. The minimum absolute atomic E-state index is 0.0259. The molecule has 0 fully saturated rings. The lowest BCUT2D eigenvalue weighted by molar-refractivity contribution is -0.140. The molecule has 6 nitrogen and oxygen atoms in total. The summed E-state index contributed by atoms with van der Waals surface area (Å²) in [6.07, 6.45) is -2.07. The van der Waals surface area contributed by atoms with Crippen molar-refractivity contribution in [2.24, 2.45) is 0 Å². The molecule has 0 saturated heterocycles. The van der Waals surface area contributed by atoms with Crippen LogP contribution >= 0.6 is 11.6 Å². The first-order chi connectivity index (χ1) is 13.3. The Morgan fingerprint density at radius 1 is 1.14 bits per heavy atom. The molecule has 0 amide bonds. The number of rotatable bonds is 6. The largest absolute Gasteiger partial charge is 0.490 e. The molecule has 148 valence electrons. The summed E-state index contributed by atoms with van der Waals surface area (Å²) in [6.45, 7) is 2.30. The van der Waals surface area contributed by atoms with Gasteiger partial charge in [-0.05, 0) is 24.1 Å². The Morgan fingerprint density at radius 3 is 2.46 bits per heavy atom. The fourth-order valence-electron chi connectivity index (χ4n) is 2.50. The Bertz CT molecular complexity index is 958. The van der Waals surface area contributed by atoms with E-state index < -0.39 is 11.9 Å². The number of benzene rings is 1. The van der Waals surface area contributed by atoms with Gasteiger partial charge in [-0.1, -0.05) is 24.3 Å². The van der Waals surface area contributed by atoms with E-state index >= 15 is 0 Å². The van der Waals surface area contributed by atoms with E-state index in [1.807, 2.05) is 0 Å². The standard InChI is InChI=1S/C18H16ClF3N4O2/c1-3-26-9-14(18(20,21)22)24-15(26)12-6-4-11(5-7-12)10-28-16-13(27-2)8-23-17(19)25-16/h4-9H,3,10H2,1-2H3. The van der Waals surface area contributed by atoms with Crippen LogP contribution in [0, 0.1) is 0 Å². The van der Waals surface area contributed by atoms with Crippen LogP contribution in [0.1, 0.15) is 18.2 Å². The molecule has 0 radical (unpaired) electrons. The molecule has 1 aromatic carbocycles. The average molecular weight is 413 g/mol. The average Bonchev–Trinajstić information content (AvgIpc) is 3.12. The van der Waals surface area contributed by atoms with Gasteiger partial charge >= 0.3 is 6.18 Å². The second kappa shape index (κ2) is 8.05. The molecule has 0 saturated carbocycles. The summed E-state index contributed by atoms with van der Waals surface area (Å²) in [5.74, 6) is 0.792. The number of imidazole rings is 1. The highest BCUT2D eigenvalue weighted by Crippen LogP contribution is 2.31. The maximum absolute atomic E-state index is 12.9. The van der Waals surface area contributed by atoms with Gasteiger partial charge in [-0.15, -0.1) is 0 Å². The zero-order valence-electron chi connectivity index (χ0n) is 15.0. The summed E-state index contributed by atoms with van der Waals surface area (Å²) in [6, 6.07) is 6.87. The van der Waals surface area contributed by atoms with Crippen LogP contribution in [0.5, 0.6) is 11.6 Å². The lowest BCUT2D eigenvalue weighted by Gasteiger charge is -2.10. The number of aryl methyl sites for hydroxylation is 1. The van der Waals surface area contributed by atoms with Gasteiger partial charge in [0, 0.05) is 18.3 Å². The molecular weight excluding hydrogens is 397 g/mol. The summed E-state index contributed by atoms with van der Waals surface area (Å²) < 4.78 is 51.0. The van der Waals surface area contributed by atoms with E-state index in [1.54, 1.807) is 31.2 Å². The Labute approximate surface area is 163 Å². The first-order valence-corrected chi connectivity index (χ1v) is 8.62. The summed E-state index contributed by atoms with van der Waals surface area (Å²) >= 11 is 5.76. The van der Waals surface area contributed by atoms with E-state index in [4.69, 9.17) is 21.1 Å². The quantitative estimate of drug-likeness (QED) is 0.553. The second-order valence-corrected chi connectivity index (χ2v) is 6.07. The van der Waals surface area contributed by atoms with Gasteiger partial charge in [-0.25, -0.2) is 9.97 Å². The molecule has 3 aromatic rings. The third kappa shape index (κ3) is 4.36. The number of hydrogen-bond donors (Lipinski definition) is 0. The maximum Gasteiger partial charge on any atom is 0.434 e. The number of methoxy groups -OCH3 is 1. The van der Waals surface area contributed by atoms with E-state index in [-0.39, 0.29) is 23.6 Å². The first kappa shape index (κ1) is 19.9. The van der Waals surface area contributed by atoms with Gasteiger partial charge in [-0.3, -0.25) is 0 Å². The molecule has 0 bridgehead atoms. The van der Waals surface area contributed by atoms with Gasteiger partial charge in [0.15, 0.2) is 11.4 Å². The van der Waals surface area contributed by atoms with Gasteiger partial charge in [0.2, 0.25) is 5.28 Å². The predicted octanol–water partition coefficient (Wildman–Crippen LogP) is 4.62. The molecule has 0 aliphatic carbocycles. The number of nitrogens with zero attached hydrogens (tertiary/aromatic N) is 4. The van der Waals surface area contributed by atoms with Crippen molar-refractivity contribution >= 4 is 11.6 Å². The van der Waals surface area contributed by atoms with Gasteiger partial charge < -0.3 is 14.0 Å². The molecule has 0 unspecified atom stereocenters. The highest BCUT2D eigenvalue weighted by Gasteiger charge is 2.34. The zero-order chi connectivity index (χ0) is 20.3. The Balaban J connectivity index is 1.78. The van der Waals surface area contributed by atoms with Crippen LogP contribution in [-0.2, 0) is 19.3 Å². The van der Waals surface area contributed by atoms with Gasteiger partial charge in [-0.2, -0.15) is 18.2 Å². The Morgan fingerprint density at radius 2 is 1.86 bits per heavy atom. The second-order valence-electron chi connectivity index (χ2n) is 5.73. The number of aromatic nitrogens is 4. The summed E-state index contributed by atoms with van der Waals surface area (Å²) in [4.78, 5) is 11.5. The van der Waals surface area contributed by atoms with Crippen molar-refractivity contribution < 1.29 is 22.6 Å². The molecule has 0 aliphatic rings. The highest BCUT2D eigenvalue weighted by molar-refractivity contribution is 6.28. The SMILES string of the molecule is CCn1cc(C(F)(F)F)nc1-c1ccc(COc2nc(Cl)ncc2OC)cc1. The van der Waals surface area contributed by atoms with Crippen LogP contribution in [0.3, 0.4) is 0 Å². The number of hydrogen-bond acceptors (Lipinski definition) is 5. The van der Waals surface area contributed by atoms with Crippen LogP contribution in [0.2, 0.25) is 5.28 Å². The Hall–Kier alpha value is -2.81. The molecule has 2 heterocycles. The smallest absolute Gasteiger partial charge is 0.434 e. The van der Waals surface area contributed by atoms with E-state index in [9.17, 15) is 13.2 Å². The van der Waals surface area contributed by atoms with Crippen LogP contribution in [0.25, 0.3) is 11.4 Å². The lowest BCUT2D eigenvalue weighted by Crippen LogP contribution is -2.05. The topological polar surface area (TPSA) is 62.1 Å². The zero-order valence-corrected chi connectivity index (χ0v) is 15.8. The van der Waals surface area contributed by atoms with Crippen molar-refractivity contribution in [2.45, 2.75) is 26.3 Å². The maximum atomic E-state index is 12.9. The molecule has 2 aromatic heterocycles. The monoisotopic (exact) mass is 412 g/mol. The summed E-state index contributed by atoms with van der Waals surface area (Å²) in [5.41, 5.74) is 0.444. The van der Waals surface area contributed by atoms with Gasteiger partial charge in [0.05, 0.1) is 13.3 Å². The molecule has 0 N–H and O–H groups in total. The molecule has 0 atom stereocenters. The van der Waals surface area contributed by atoms with Crippen molar-refractivity contribution in [3.63, 3.8) is 0 Å². The van der Waals surface area contributed by atoms with Crippen LogP contribution in [0.15, 0.2) is 36.7 Å². The fourth-order valence-corrected chi connectivity index (χ4v) is 2.63. The number of ether oxygens (including phenoxy) is 2. The van der Waals surface area contributed by atoms with Crippen LogP contribution < -0.4 is 9.47 Å². The third-order valence-corrected chi connectivity index (χ3v) is 4.09. The van der Waals surface area contributed by atoms with Gasteiger partial charge in [0.1, 0.15) is 12.4 Å². The van der Waals surface area contributed by atoms with E-state index in [0.717, 1.165) is 11.8 Å². The molecular formula is C18H16ClF3N4O2. The predicted molar refractivity (Wildman–Crippen MR) is 96.3 cm³/mol. The van der Waals surface area contributed by atoms with Crippen molar-refractivity contribution in [3.8, 4) is 23.0 Å². The molecule has 0 spiro atoms. The first-order valence-electron chi connectivity index (χ1n) is 8.24. The van der Waals surface area contributed by atoms with Crippen molar-refractivity contribution in [3.05, 3.63) is 53.2 Å². The Kier molecular flexibility index (Phi) is 5.73. The minimum atomic E-state index is -4.49. The molecule has 28 heavy (non-hydrogen) atoms. The van der Waals surface area contributed by atoms with E-state index in [1.165, 1.54) is 17.9 Å². The van der Waals surface area contributed by atoms with Crippen molar-refractivity contribution in [1.29, 1.82) is 0 Å². The number of halogens is 4. The fraction of sp³-hybridized carbons (Fsp3) is 0.278. The van der Waals surface area contributed by atoms with Crippen LogP contribution in [0.4, 0.5) is 13.2 Å². The van der Waals surface area contributed by atoms with E-state index in [2.05, 4.69) is 15.0 Å². The summed E-state index contributed by atoms with van der Waals surface area (Å²) in [5, 5.41) is 0.0259. The normalized spacial score (nSPS) is 11.5. The van der Waals surface area contributed by atoms with Crippen LogP contribution in [-0.4, -0.2) is 26.6 Å².